The van der Waals surface area contributed by atoms with Gasteiger partial charge in [0.25, 0.3) is 0 Å². The van der Waals surface area contributed by atoms with E-state index in [1.165, 1.54) is 36.3 Å². The molecule has 2 rings (SSSR count). The fraction of sp³-hybridized carbons (Fsp3) is 0.571. The van der Waals surface area contributed by atoms with Crippen molar-refractivity contribution in [3.63, 3.8) is 0 Å². The Morgan fingerprint density at radius 3 is 2.34 bits per heavy atom. The first-order valence-corrected chi connectivity index (χ1v) is 10.1. The molecule has 32 heavy (non-hydrogen) atoms. The van der Waals surface area contributed by atoms with E-state index in [2.05, 4.69) is 9.47 Å². The summed E-state index contributed by atoms with van der Waals surface area (Å²) < 4.78 is 51.2. The molecule has 1 heterocycles. The molecule has 1 aliphatic heterocycles. The lowest BCUT2D eigenvalue weighted by Crippen LogP contribution is -2.42. The number of rotatable bonds is 8. The molecule has 0 aliphatic carbocycles. The third-order valence-electron chi connectivity index (χ3n) is 4.86. The van der Waals surface area contributed by atoms with Crippen LogP contribution in [0.25, 0.3) is 0 Å². The molecule has 178 valence electrons. The normalized spacial score (nSPS) is 17.3. The van der Waals surface area contributed by atoms with Crippen molar-refractivity contribution < 1.29 is 41.8 Å². The Kier molecular flexibility index (Phi) is 8.88. The largest absolute Gasteiger partial charge is 0.573 e. The molecule has 0 spiro atoms. The number of nitrogens with zero attached hydrogens (tertiary/aromatic N) is 2. The van der Waals surface area contributed by atoms with Crippen molar-refractivity contribution in [2.75, 3.05) is 26.7 Å². The first-order chi connectivity index (χ1) is 15.0. The number of hydrogen-bond acceptors (Lipinski definition) is 6. The van der Waals surface area contributed by atoms with E-state index in [9.17, 15) is 27.6 Å². The Labute approximate surface area is 184 Å². The highest BCUT2D eigenvalue weighted by Gasteiger charge is 2.32. The monoisotopic (exact) mass is 460 g/mol. The van der Waals surface area contributed by atoms with Crippen molar-refractivity contribution in [1.29, 1.82) is 0 Å². The molecule has 0 bridgehead atoms. The van der Waals surface area contributed by atoms with Crippen molar-refractivity contribution in [2.24, 2.45) is 0 Å². The molecule has 1 aromatic rings. The predicted molar refractivity (Wildman–Crippen MR) is 106 cm³/mol. The van der Waals surface area contributed by atoms with E-state index in [4.69, 9.17) is 4.74 Å². The van der Waals surface area contributed by atoms with Gasteiger partial charge in [0.1, 0.15) is 5.75 Å². The van der Waals surface area contributed by atoms with Gasteiger partial charge in [0.05, 0.1) is 32.8 Å². The van der Waals surface area contributed by atoms with Gasteiger partial charge in [0, 0.05) is 25.6 Å². The number of carbonyl (C=O) groups is 3. The fourth-order valence-electron chi connectivity index (χ4n) is 3.21. The number of hydrogen-bond donors (Lipinski definition) is 0. The number of benzene rings is 1. The lowest BCUT2D eigenvalue weighted by atomic mass is 10.2. The van der Waals surface area contributed by atoms with Gasteiger partial charge < -0.3 is 24.0 Å². The van der Waals surface area contributed by atoms with Crippen LogP contribution in [0.1, 0.15) is 32.3 Å². The number of alkyl halides is 3. The molecule has 8 nitrogen and oxygen atoms in total. The smallest absolute Gasteiger partial charge is 0.469 e. The van der Waals surface area contributed by atoms with Crippen LogP contribution in [0.4, 0.5) is 13.2 Å². The Hall–Kier alpha value is -2.82. The molecular weight excluding hydrogens is 433 g/mol. The lowest BCUT2D eigenvalue weighted by molar-refractivity contribution is -0.274. The molecule has 1 saturated heterocycles. The van der Waals surface area contributed by atoms with Crippen molar-refractivity contribution >= 4 is 17.8 Å². The SMILES string of the molecule is COC(=O)CCC(=O)N1CC(=O)N(C(C)C)CC(OCc2ccc(OC(F)(F)F)cc2)C1. The Balaban J connectivity index is 2.04. The Morgan fingerprint density at radius 2 is 1.78 bits per heavy atom. The van der Waals surface area contributed by atoms with Crippen LogP contribution in [0.5, 0.6) is 5.75 Å². The molecular formula is C21H27F3N2O6. The van der Waals surface area contributed by atoms with Crippen LogP contribution in [0.2, 0.25) is 0 Å². The molecule has 1 fully saturated rings. The van der Waals surface area contributed by atoms with Crippen LogP contribution in [0.15, 0.2) is 24.3 Å². The van der Waals surface area contributed by atoms with Crippen LogP contribution >= 0.6 is 0 Å². The Morgan fingerprint density at radius 1 is 1.12 bits per heavy atom. The molecule has 1 atom stereocenters. The van der Waals surface area contributed by atoms with Gasteiger partial charge in [0.15, 0.2) is 0 Å². The zero-order valence-corrected chi connectivity index (χ0v) is 18.2. The number of ether oxygens (including phenoxy) is 3. The number of esters is 1. The second-order valence-electron chi connectivity index (χ2n) is 7.62. The van der Waals surface area contributed by atoms with Crippen molar-refractivity contribution in [3.05, 3.63) is 29.8 Å². The zero-order valence-electron chi connectivity index (χ0n) is 18.2. The molecule has 2 amide bonds. The van der Waals surface area contributed by atoms with Gasteiger partial charge in [0.2, 0.25) is 11.8 Å². The number of carbonyl (C=O) groups excluding carboxylic acids is 3. The van der Waals surface area contributed by atoms with E-state index in [1.54, 1.807) is 4.90 Å². The minimum absolute atomic E-state index is 0.0707. The second-order valence-corrected chi connectivity index (χ2v) is 7.62. The maximum absolute atomic E-state index is 12.6. The summed E-state index contributed by atoms with van der Waals surface area (Å²) in [5, 5.41) is 0. The van der Waals surface area contributed by atoms with Crippen molar-refractivity contribution in [2.45, 2.75) is 51.8 Å². The van der Waals surface area contributed by atoms with E-state index in [0.717, 1.165) is 0 Å². The van der Waals surface area contributed by atoms with E-state index in [0.29, 0.717) is 5.56 Å². The summed E-state index contributed by atoms with van der Waals surface area (Å²) in [6.45, 7) is 4.05. The molecule has 11 heteroatoms. The summed E-state index contributed by atoms with van der Waals surface area (Å²) in [4.78, 5) is 39.5. The van der Waals surface area contributed by atoms with Gasteiger partial charge in [-0.1, -0.05) is 12.1 Å². The minimum Gasteiger partial charge on any atom is -0.469 e. The minimum atomic E-state index is -4.77. The van der Waals surface area contributed by atoms with Crippen LogP contribution in [0, 0.1) is 0 Å². The average molecular weight is 460 g/mol. The van der Waals surface area contributed by atoms with Gasteiger partial charge in [-0.3, -0.25) is 14.4 Å². The zero-order chi connectivity index (χ0) is 23.9. The van der Waals surface area contributed by atoms with E-state index in [1.807, 2.05) is 13.8 Å². The maximum atomic E-state index is 12.6. The third-order valence-corrected chi connectivity index (χ3v) is 4.86. The quantitative estimate of drug-likeness (QED) is 0.555. The standard InChI is InChI=1S/C21H27F3N2O6/c1-14(2)26-11-17(10-25(12-19(26)28)18(27)8-9-20(29)30-3)31-13-15-4-6-16(7-5-15)32-21(22,23)24/h4-7,14,17H,8-13H2,1-3H3. The molecule has 1 unspecified atom stereocenters. The number of amides is 2. The van der Waals surface area contributed by atoms with Crippen LogP contribution in [-0.4, -0.2) is 72.8 Å². The van der Waals surface area contributed by atoms with Gasteiger partial charge in [-0.25, -0.2) is 0 Å². The average Bonchev–Trinajstić information content (AvgIpc) is 2.89. The van der Waals surface area contributed by atoms with Crippen LogP contribution in [-0.2, 0) is 30.5 Å². The summed E-state index contributed by atoms with van der Waals surface area (Å²) >= 11 is 0. The summed E-state index contributed by atoms with van der Waals surface area (Å²) in [6.07, 6.45) is -5.47. The summed E-state index contributed by atoms with van der Waals surface area (Å²) in [5.74, 6) is -1.45. The molecule has 1 aromatic carbocycles. The summed E-state index contributed by atoms with van der Waals surface area (Å²) in [6, 6.07) is 5.15. The molecule has 0 saturated carbocycles. The highest BCUT2D eigenvalue weighted by Crippen LogP contribution is 2.23. The van der Waals surface area contributed by atoms with E-state index < -0.39 is 18.4 Å². The molecule has 0 aromatic heterocycles. The summed E-state index contributed by atoms with van der Waals surface area (Å²) in [5.41, 5.74) is 0.606. The second kappa shape index (κ2) is 11.2. The highest BCUT2D eigenvalue weighted by atomic mass is 19.4. The third kappa shape index (κ3) is 8.03. The van der Waals surface area contributed by atoms with Crippen molar-refractivity contribution in [3.8, 4) is 5.75 Å². The maximum Gasteiger partial charge on any atom is 0.573 e. The van der Waals surface area contributed by atoms with Crippen molar-refractivity contribution in [1.82, 2.24) is 9.80 Å². The Bertz CT molecular complexity index is 798. The summed E-state index contributed by atoms with van der Waals surface area (Å²) in [7, 11) is 1.23. The number of methoxy groups -OCH3 is 1. The highest BCUT2D eigenvalue weighted by molar-refractivity contribution is 5.87. The first kappa shape index (κ1) is 25.4. The lowest BCUT2D eigenvalue weighted by Gasteiger charge is -2.27. The fourth-order valence-corrected chi connectivity index (χ4v) is 3.21. The van der Waals surface area contributed by atoms with Gasteiger partial charge in [-0.2, -0.15) is 0 Å². The molecule has 1 aliphatic rings. The van der Waals surface area contributed by atoms with E-state index >= 15 is 0 Å². The predicted octanol–water partition coefficient (Wildman–Crippen LogP) is 2.50. The van der Waals surface area contributed by atoms with Gasteiger partial charge in [-0.05, 0) is 31.5 Å². The van der Waals surface area contributed by atoms with Gasteiger partial charge >= 0.3 is 12.3 Å². The molecule has 0 N–H and O–H groups in total. The molecule has 0 radical (unpaired) electrons. The topological polar surface area (TPSA) is 85.4 Å². The van der Waals surface area contributed by atoms with Crippen LogP contribution in [0.3, 0.4) is 0 Å². The van der Waals surface area contributed by atoms with Gasteiger partial charge in [-0.15, -0.1) is 13.2 Å². The van der Waals surface area contributed by atoms with Crippen LogP contribution < -0.4 is 4.74 Å². The number of halogens is 3. The first-order valence-electron chi connectivity index (χ1n) is 10.1. The van der Waals surface area contributed by atoms with E-state index in [-0.39, 0.29) is 62.7 Å².